The van der Waals surface area contributed by atoms with Crippen LogP contribution in [0.5, 0.6) is 0 Å². The second-order valence-corrected chi connectivity index (χ2v) is 11.7. The molecule has 0 saturated carbocycles. The van der Waals surface area contributed by atoms with E-state index in [0.29, 0.717) is 12.0 Å². The molecule has 0 radical (unpaired) electrons. The second kappa shape index (κ2) is 11.7. The number of hydrogen-bond acceptors (Lipinski definition) is 11. The van der Waals surface area contributed by atoms with Crippen molar-refractivity contribution in [1.29, 1.82) is 5.26 Å². The van der Waals surface area contributed by atoms with E-state index in [1.165, 1.54) is 21.1 Å². The molecule has 5 aliphatic rings. The highest BCUT2D eigenvalue weighted by atomic mass is 16.5. The van der Waals surface area contributed by atoms with Crippen molar-refractivity contribution in [1.82, 2.24) is 9.80 Å². The summed E-state index contributed by atoms with van der Waals surface area (Å²) in [6, 6.07) is -1.22. The summed E-state index contributed by atoms with van der Waals surface area (Å²) in [6.07, 6.45) is 2.86. The molecule has 43 heavy (non-hydrogen) atoms. The van der Waals surface area contributed by atoms with Gasteiger partial charge in [-0.2, -0.15) is 5.26 Å². The lowest BCUT2D eigenvalue weighted by Crippen LogP contribution is -2.74. The van der Waals surface area contributed by atoms with Crippen LogP contribution in [0.25, 0.3) is 0 Å². The van der Waals surface area contributed by atoms with Crippen LogP contribution in [0.1, 0.15) is 59.3 Å². The number of carbonyl (C=O) groups is 5. The standard InChI is InChI=1S/C32H37N3O8/c1-7-8-9-10-23(36)43-14-22-24-17(27(37)15(2)31(41-5)29(24)39)12-20-26-25-18(28(38)16(3)32(42-6)30(25)40)11-19(34(26)4)21(13-33)35(20)22/h19-22,26H,7-12,14H2,1-6H3/t19-,20-,21-,22-,26-/m0/s1. The normalized spacial score (nSPS) is 29.4. The van der Waals surface area contributed by atoms with Gasteiger partial charge in [0.2, 0.25) is 11.6 Å². The fourth-order valence-electron chi connectivity index (χ4n) is 7.54. The zero-order chi connectivity index (χ0) is 31.3. The second-order valence-electron chi connectivity index (χ2n) is 11.7. The van der Waals surface area contributed by atoms with Gasteiger partial charge in [-0.15, -0.1) is 0 Å². The van der Waals surface area contributed by atoms with Crippen LogP contribution in [0.15, 0.2) is 45.0 Å². The predicted octanol–water partition coefficient (Wildman–Crippen LogP) is 2.27. The van der Waals surface area contributed by atoms with Crippen LogP contribution in [0.3, 0.4) is 0 Å². The van der Waals surface area contributed by atoms with E-state index in [0.717, 1.165) is 12.8 Å². The predicted molar refractivity (Wildman–Crippen MR) is 152 cm³/mol. The van der Waals surface area contributed by atoms with Crippen molar-refractivity contribution < 1.29 is 38.2 Å². The Morgan fingerprint density at radius 3 is 2.00 bits per heavy atom. The van der Waals surface area contributed by atoms with Crippen LogP contribution in [0, 0.1) is 11.3 Å². The van der Waals surface area contributed by atoms with Gasteiger partial charge in [0.05, 0.1) is 32.4 Å². The molecule has 0 amide bonds. The molecule has 3 heterocycles. The number of carbonyl (C=O) groups excluding carboxylic acids is 5. The first-order chi connectivity index (χ1) is 20.5. The van der Waals surface area contributed by atoms with E-state index < -0.39 is 47.7 Å². The van der Waals surface area contributed by atoms with E-state index in [-0.39, 0.29) is 76.8 Å². The molecule has 0 aromatic heterocycles. The summed E-state index contributed by atoms with van der Waals surface area (Å²) in [6.45, 7) is 4.86. The summed E-state index contributed by atoms with van der Waals surface area (Å²) in [4.78, 5) is 71.5. The third-order valence-electron chi connectivity index (χ3n) is 9.60. The van der Waals surface area contributed by atoms with Crippen molar-refractivity contribution >= 4 is 29.1 Å². The van der Waals surface area contributed by atoms with E-state index in [1.807, 2.05) is 23.8 Å². The summed E-state index contributed by atoms with van der Waals surface area (Å²) >= 11 is 0. The van der Waals surface area contributed by atoms with Crippen molar-refractivity contribution in [2.24, 2.45) is 0 Å². The fourth-order valence-corrected chi connectivity index (χ4v) is 7.54. The SMILES string of the molecule is CCCCCC(=O)OC[C@H]1C2=C(C[C@H]3[C@H]4C5=C(C[C@@H]([C@H](C#N)N13)N4C)C(=O)C(C)=C(OC)C5=O)C(=O)C(C)=C(OC)C2=O. The zero-order valence-electron chi connectivity index (χ0n) is 25.4. The molecular weight excluding hydrogens is 554 g/mol. The molecule has 0 aromatic rings. The molecule has 2 aliphatic carbocycles. The van der Waals surface area contributed by atoms with E-state index in [9.17, 15) is 29.2 Å². The lowest BCUT2D eigenvalue weighted by atomic mass is 9.67. The van der Waals surface area contributed by atoms with Gasteiger partial charge >= 0.3 is 5.97 Å². The number of piperazine rings is 1. The van der Waals surface area contributed by atoms with Crippen molar-refractivity contribution in [2.75, 3.05) is 27.9 Å². The highest BCUT2D eigenvalue weighted by molar-refractivity contribution is 6.26. The molecule has 11 nitrogen and oxygen atoms in total. The van der Waals surface area contributed by atoms with Gasteiger partial charge in [0.1, 0.15) is 12.6 Å². The molecule has 5 rings (SSSR count). The number of nitrogens with zero attached hydrogens (tertiary/aromatic N) is 3. The highest BCUT2D eigenvalue weighted by Gasteiger charge is 2.60. The summed E-state index contributed by atoms with van der Waals surface area (Å²) in [5.74, 6) is -2.07. The number of likely N-dealkylation sites (N-methyl/N-ethyl adjacent to an activating group) is 1. The average molecular weight is 592 g/mol. The Balaban J connectivity index is 1.65. The van der Waals surface area contributed by atoms with Crippen LogP contribution in [-0.4, -0.2) is 97.0 Å². The Bertz CT molecular complexity index is 1490. The number of unbranched alkanes of at least 4 members (excludes halogenated alkanes) is 2. The number of ether oxygens (including phenoxy) is 3. The summed E-state index contributed by atoms with van der Waals surface area (Å²) in [5, 5.41) is 10.6. The number of Topliss-reactive ketones (excluding diaryl/α,β-unsaturated/α-hetero) is 4. The maximum Gasteiger partial charge on any atom is 0.305 e. The zero-order valence-corrected chi connectivity index (χ0v) is 25.4. The monoisotopic (exact) mass is 591 g/mol. The smallest absolute Gasteiger partial charge is 0.305 e. The summed E-state index contributed by atoms with van der Waals surface area (Å²) < 4.78 is 16.4. The van der Waals surface area contributed by atoms with E-state index in [4.69, 9.17) is 14.2 Å². The Labute approximate surface area is 250 Å². The lowest BCUT2D eigenvalue weighted by Gasteiger charge is -2.60. The maximum atomic E-state index is 13.9. The first-order valence-electron chi connectivity index (χ1n) is 14.7. The highest BCUT2D eigenvalue weighted by Crippen LogP contribution is 2.49. The van der Waals surface area contributed by atoms with Crippen molar-refractivity contribution in [2.45, 2.75) is 89.5 Å². The molecule has 1 saturated heterocycles. The van der Waals surface area contributed by atoms with E-state index in [1.54, 1.807) is 6.92 Å². The van der Waals surface area contributed by atoms with Gasteiger partial charge in [0, 0.05) is 51.9 Å². The molecule has 0 unspecified atom stereocenters. The van der Waals surface area contributed by atoms with Gasteiger partial charge in [-0.05, 0) is 40.2 Å². The van der Waals surface area contributed by atoms with Crippen molar-refractivity contribution in [3.63, 3.8) is 0 Å². The van der Waals surface area contributed by atoms with Crippen LogP contribution >= 0.6 is 0 Å². The molecule has 2 bridgehead atoms. The minimum absolute atomic E-state index is 0.0229. The molecule has 5 atom stereocenters. The number of nitriles is 1. The van der Waals surface area contributed by atoms with Gasteiger partial charge in [-0.3, -0.25) is 33.8 Å². The Kier molecular flexibility index (Phi) is 8.29. The molecule has 3 aliphatic heterocycles. The molecule has 228 valence electrons. The molecule has 0 N–H and O–H groups in total. The third-order valence-corrected chi connectivity index (χ3v) is 9.60. The van der Waals surface area contributed by atoms with Gasteiger partial charge in [-0.25, -0.2) is 0 Å². The van der Waals surface area contributed by atoms with Gasteiger partial charge in [0.15, 0.2) is 23.1 Å². The topological polar surface area (TPSA) is 143 Å². The summed E-state index contributed by atoms with van der Waals surface area (Å²) in [5.41, 5.74) is 1.45. The molecular formula is C32H37N3O8. The first kappa shape index (κ1) is 30.6. The Hall–Kier alpha value is -3.88. The van der Waals surface area contributed by atoms with Crippen molar-refractivity contribution in [3.8, 4) is 6.07 Å². The largest absolute Gasteiger partial charge is 0.492 e. The van der Waals surface area contributed by atoms with Crippen LogP contribution in [0.2, 0.25) is 0 Å². The number of fused-ring (bicyclic) bond motifs is 5. The lowest BCUT2D eigenvalue weighted by molar-refractivity contribution is -0.148. The number of hydrogen-bond donors (Lipinski definition) is 0. The minimum atomic E-state index is -0.933. The van der Waals surface area contributed by atoms with Gasteiger partial charge in [-0.1, -0.05) is 19.8 Å². The molecule has 1 fully saturated rings. The van der Waals surface area contributed by atoms with E-state index >= 15 is 0 Å². The van der Waals surface area contributed by atoms with Gasteiger partial charge in [0.25, 0.3) is 0 Å². The Morgan fingerprint density at radius 2 is 1.44 bits per heavy atom. The first-order valence-corrected chi connectivity index (χ1v) is 14.7. The number of rotatable bonds is 8. The number of allylic oxidation sites excluding steroid dienone is 4. The van der Waals surface area contributed by atoms with Crippen molar-refractivity contribution in [3.05, 3.63) is 45.0 Å². The quantitative estimate of drug-likeness (QED) is 0.233. The molecule has 0 spiro atoms. The number of esters is 1. The fraction of sp³-hybridized carbons (Fsp3) is 0.562. The maximum absolute atomic E-state index is 13.9. The number of methoxy groups -OCH3 is 2. The molecule has 0 aromatic carbocycles. The average Bonchev–Trinajstić information content (AvgIpc) is 2.98. The van der Waals surface area contributed by atoms with Gasteiger partial charge < -0.3 is 14.2 Å². The summed E-state index contributed by atoms with van der Waals surface area (Å²) in [7, 11) is 4.48. The minimum Gasteiger partial charge on any atom is -0.492 e. The van der Waals surface area contributed by atoms with Crippen LogP contribution in [0.4, 0.5) is 0 Å². The van der Waals surface area contributed by atoms with Crippen LogP contribution < -0.4 is 0 Å². The number of ketones is 4. The molecule has 11 heteroatoms. The Morgan fingerprint density at radius 1 is 0.884 bits per heavy atom. The third kappa shape index (κ3) is 4.59. The van der Waals surface area contributed by atoms with E-state index in [2.05, 4.69) is 6.07 Å². The van der Waals surface area contributed by atoms with Crippen LogP contribution in [-0.2, 0) is 38.2 Å².